The number of likely N-dealkylation sites (N-methyl/N-ethyl adjacent to an activating group) is 1. The minimum Gasteiger partial charge on any atom is -0.481 e. The molecule has 0 aromatic heterocycles. The quantitative estimate of drug-likeness (QED) is 0.202. The molecule has 2 atom stereocenters. The smallest absolute Gasteiger partial charge is 0.336 e. The Morgan fingerprint density at radius 1 is 1.05 bits per heavy atom. The number of nitrogens with zero attached hydrogens (tertiary/aromatic N) is 2. The van der Waals surface area contributed by atoms with Crippen molar-refractivity contribution in [3.63, 3.8) is 0 Å². The van der Waals surface area contributed by atoms with Gasteiger partial charge < -0.3 is 25.3 Å². The number of sulfonamides is 1. The normalized spacial score (nSPS) is 20.7. The van der Waals surface area contributed by atoms with E-state index in [2.05, 4.69) is 14.5 Å². The molecule has 0 radical (unpaired) electrons. The molecule has 3 rings (SSSR count). The number of carboxylic acids is 3. The van der Waals surface area contributed by atoms with Gasteiger partial charge in [-0.25, -0.2) is 30.7 Å². The number of carboxylic acid groups (broad SMARTS) is 3. The number of piperazine rings is 1. The fraction of sp³-hybridized carbons (Fsp3) is 0.609. The number of aliphatic hydroxyl groups is 1. The summed E-state index contributed by atoms with van der Waals surface area (Å²) < 4.78 is 64.3. The van der Waals surface area contributed by atoms with Crippen molar-refractivity contribution in [1.82, 2.24) is 14.5 Å². The van der Waals surface area contributed by atoms with Gasteiger partial charge in [0.2, 0.25) is 10.0 Å². The topological polar surface area (TPSA) is 219 Å². The zero-order valence-corrected chi connectivity index (χ0v) is 23.4. The van der Waals surface area contributed by atoms with Crippen molar-refractivity contribution >= 4 is 37.8 Å². The van der Waals surface area contributed by atoms with Crippen molar-refractivity contribution in [3.05, 3.63) is 35.6 Å². The monoisotopic (exact) mass is 611 g/mol. The largest absolute Gasteiger partial charge is 0.481 e. The summed E-state index contributed by atoms with van der Waals surface area (Å²) in [7, 11) is -4.97. The average molecular weight is 612 g/mol. The number of benzene rings is 1. The summed E-state index contributed by atoms with van der Waals surface area (Å²) in [5, 5.41) is 32.9. The Morgan fingerprint density at radius 3 is 2.00 bits per heavy atom. The number of carbonyl (C=O) groups is 3. The van der Waals surface area contributed by atoms with E-state index in [0.29, 0.717) is 0 Å². The van der Waals surface area contributed by atoms with Crippen LogP contribution in [0.5, 0.6) is 0 Å². The molecule has 5 N–H and O–H groups in total. The van der Waals surface area contributed by atoms with Crippen LogP contribution in [0, 0.1) is 5.82 Å². The van der Waals surface area contributed by atoms with Gasteiger partial charge in [0.1, 0.15) is 5.82 Å². The lowest BCUT2D eigenvalue weighted by Gasteiger charge is -2.38. The second-order valence-electron chi connectivity index (χ2n) is 9.80. The summed E-state index contributed by atoms with van der Waals surface area (Å²) in [6.07, 6.45) is -2.16. The van der Waals surface area contributed by atoms with Gasteiger partial charge in [-0.05, 0) is 31.2 Å². The lowest BCUT2D eigenvalue weighted by molar-refractivity contribution is -0.170. The number of halogens is 1. The van der Waals surface area contributed by atoms with Crippen molar-refractivity contribution in [2.24, 2.45) is 0 Å². The molecule has 1 aromatic rings. The highest BCUT2D eigenvalue weighted by Crippen LogP contribution is 2.24. The predicted molar refractivity (Wildman–Crippen MR) is 139 cm³/mol. The number of hydrogen-bond donors (Lipinski definition) is 5. The zero-order valence-electron chi connectivity index (χ0n) is 21.8. The molecular formula is C23H34FN3O11S2. The second-order valence-corrected chi connectivity index (χ2v) is 14.1. The molecular weight excluding hydrogens is 577 g/mol. The number of sulfone groups is 1. The van der Waals surface area contributed by atoms with E-state index in [0.717, 1.165) is 31.7 Å². The van der Waals surface area contributed by atoms with Crippen LogP contribution in [0.3, 0.4) is 0 Å². The Kier molecular flexibility index (Phi) is 11.5. The molecule has 40 heavy (non-hydrogen) atoms. The van der Waals surface area contributed by atoms with Gasteiger partial charge in [-0.3, -0.25) is 14.5 Å². The molecule has 1 aromatic carbocycles. The van der Waals surface area contributed by atoms with Gasteiger partial charge in [-0.2, -0.15) is 0 Å². The maximum Gasteiger partial charge on any atom is 0.336 e. The van der Waals surface area contributed by atoms with Crippen LogP contribution in [0.2, 0.25) is 0 Å². The molecule has 14 nitrogen and oxygen atoms in total. The summed E-state index contributed by atoms with van der Waals surface area (Å²) in [6.45, 7) is 3.42. The van der Waals surface area contributed by atoms with E-state index in [1.807, 2.05) is 7.05 Å². The molecule has 17 heteroatoms. The molecule has 2 fully saturated rings. The fourth-order valence-electron chi connectivity index (χ4n) is 4.31. The SMILES string of the molecule is CN1CCN(C(CNS(=O)(=O)C2CCS(=O)(=O)C2)c2ccc(F)cc2)CC1.O=C(O)CC(O)(CC(=O)O)C(=O)O. The van der Waals surface area contributed by atoms with E-state index in [-0.39, 0.29) is 36.3 Å². The Bertz CT molecular complexity index is 1250. The standard InChI is InChI=1S/C17H26FN3O4S2.C6H8O7/c1-20-7-9-21(10-8-20)17(14-2-4-15(18)5-3-14)12-19-27(24,25)16-6-11-26(22,23)13-16;7-3(8)1-6(13,5(11)12)2-4(9)10/h2-5,16-17,19H,6-13H2,1H3;13H,1-2H2,(H,7,8)(H,9,10)(H,11,12). The molecule has 2 aliphatic rings. The fourth-order valence-corrected chi connectivity index (χ4v) is 8.39. The first-order valence-corrected chi connectivity index (χ1v) is 15.6. The lowest BCUT2D eigenvalue weighted by Crippen LogP contribution is -2.49. The Morgan fingerprint density at radius 2 is 1.57 bits per heavy atom. The van der Waals surface area contributed by atoms with Gasteiger partial charge >= 0.3 is 17.9 Å². The van der Waals surface area contributed by atoms with Crippen LogP contribution < -0.4 is 4.72 Å². The third-order valence-electron chi connectivity index (χ3n) is 6.63. The van der Waals surface area contributed by atoms with Crippen molar-refractivity contribution in [1.29, 1.82) is 0 Å². The Hall–Kier alpha value is -2.70. The van der Waals surface area contributed by atoms with E-state index in [9.17, 15) is 35.6 Å². The maximum atomic E-state index is 13.3. The molecule has 0 aliphatic carbocycles. The highest BCUT2D eigenvalue weighted by molar-refractivity contribution is 7.95. The van der Waals surface area contributed by atoms with Crippen molar-refractivity contribution in [2.75, 3.05) is 51.3 Å². The van der Waals surface area contributed by atoms with Crippen molar-refractivity contribution in [3.8, 4) is 0 Å². The molecule has 0 saturated carbocycles. The summed E-state index contributed by atoms with van der Waals surface area (Å²) in [4.78, 5) is 34.9. The Balaban J connectivity index is 0.000000366. The van der Waals surface area contributed by atoms with Crippen LogP contribution >= 0.6 is 0 Å². The van der Waals surface area contributed by atoms with E-state index < -0.39 is 61.5 Å². The minimum absolute atomic E-state index is 0.0849. The van der Waals surface area contributed by atoms with E-state index >= 15 is 0 Å². The zero-order chi connectivity index (χ0) is 30.3. The third-order valence-corrected chi connectivity index (χ3v) is 10.5. The molecule has 0 spiro atoms. The van der Waals surface area contributed by atoms with Gasteiger partial charge in [0.05, 0.1) is 29.6 Å². The number of hydrogen-bond acceptors (Lipinski definition) is 10. The summed E-state index contributed by atoms with van der Waals surface area (Å²) in [5.74, 6) is -5.77. The van der Waals surface area contributed by atoms with Gasteiger partial charge in [-0.1, -0.05) is 12.1 Å². The van der Waals surface area contributed by atoms with Crippen LogP contribution in [0.1, 0.15) is 30.9 Å². The molecule has 0 amide bonds. The van der Waals surface area contributed by atoms with Crippen LogP contribution in [0.25, 0.3) is 0 Å². The summed E-state index contributed by atoms with van der Waals surface area (Å²) >= 11 is 0. The van der Waals surface area contributed by atoms with E-state index in [1.165, 1.54) is 12.1 Å². The van der Waals surface area contributed by atoms with Crippen LogP contribution in [0.15, 0.2) is 24.3 Å². The number of aliphatic carboxylic acids is 3. The predicted octanol–water partition coefficient (Wildman–Crippen LogP) is -1.03. The first-order chi connectivity index (χ1) is 18.4. The summed E-state index contributed by atoms with van der Waals surface area (Å²) in [6, 6.07) is 5.86. The van der Waals surface area contributed by atoms with Gasteiger partial charge in [-0.15, -0.1) is 0 Å². The molecule has 0 bridgehead atoms. The first-order valence-electron chi connectivity index (χ1n) is 12.2. The summed E-state index contributed by atoms with van der Waals surface area (Å²) in [5.41, 5.74) is -1.90. The lowest BCUT2D eigenvalue weighted by atomic mass is 9.96. The minimum atomic E-state index is -3.73. The molecule has 2 saturated heterocycles. The highest BCUT2D eigenvalue weighted by atomic mass is 32.2. The Labute approximate surface area is 231 Å². The van der Waals surface area contributed by atoms with Crippen molar-refractivity contribution < 1.29 is 56.0 Å². The third kappa shape index (κ3) is 10.0. The molecule has 226 valence electrons. The maximum absolute atomic E-state index is 13.3. The van der Waals surface area contributed by atoms with E-state index in [1.54, 1.807) is 12.1 Å². The first kappa shape index (κ1) is 33.5. The van der Waals surface area contributed by atoms with Gasteiger partial charge in [0, 0.05) is 38.8 Å². The molecule has 2 unspecified atom stereocenters. The molecule has 2 aliphatic heterocycles. The van der Waals surface area contributed by atoms with Crippen LogP contribution in [0.4, 0.5) is 4.39 Å². The van der Waals surface area contributed by atoms with Crippen LogP contribution in [-0.4, -0.2) is 127 Å². The van der Waals surface area contributed by atoms with Gasteiger partial charge in [0.25, 0.3) is 0 Å². The average Bonchev–Trinajstić information content (AvgIpc) is 3.21. The van der Waals surface area contributed by atoms with Gasteiger partial charge in [0.15, 0.2) is 15.4 Å². The van der Waals surface area contributed by atoms with E-state index in [4.69, 9.17) is 20.4 Å². The second kappa shape index (κ2) is 13.8. The van der Waals surface area contributed by atoms with Crippen molar-refractivity contribution in [2.45, 2.75) is 36.2 Å². The number of rotatable bonds is 11. The molecule has 2 heterocycles. The van der Waals surface area contributed by atoms with Crippen LogP contribution in [-0.2, 0) is 34.2 Å². The number of nitrogens with one attached hydrogen (secondary N) is 1. The highest BCUT2D eigenvalue weighted by Gasteiger charge is 2.41.